The first-order valence-corrected chi connectivity index (χ1v) is 6.44. The Labute approximate surface area is 116 Å². The Morgan fingerprint density at radius 3 is 2.75 bits per heavy atom. The summed E-state index contributed by atoms with van der Waals surface area (Å²) in [6, 6.07) is 8.74. The first kappa shape index (κ1) is 14.3. The van der Waals surface area contributed by atoms with E-state index in [4.69, 9.17) is 14.6 Å². The normalized spacial score (nSPS) is 21.4. The Morgan fingerprint density at radius 2 is 2.05 bits per heavy atom. The molecule has 1 saturated heterocycles. The predicted molar refractivity (Wildman–Crippen MR) is 70.4 cm³/mol. The molecule has 2 rings (SSSR count). The SMILES string of the molecule is O=C(CCOc1ccccc1)NC1COCC1C(=O)O. The summed E-state index contributed by atoms with van der Waals surface area (Å²) in [7, 11) is 0. The fraction of sp³-hybridized carbons (Fsp3) is 0.429. The van der Waals surface area contributed by atoms with Crippen molar-refractivity contribution in [1.82, 2.24) is 5.32 Å². The van der Waals surface area contributed by atoms with Gasteiger partial charge in [-0.1, -0.05) is 18.2 Å². The van der Waals surface area contributed by atoms with Crippen LogP contribution in [0.4, 0.5) is 0 Å². The number of carbonyl (C=O) groups is 2. The molecule has 0 spiro atoms. The van der Waals surface area contributed by atoms with E-state index in [1.807, 2.05) is 30.3 Å². The van der Waals surface area contributed by atoms with Crippen molar-refractivity contribution in [3.8, 4) is 5.75 Å². The maximum Gasteiger partial charge on any atom is 0.311 e. The van der Waals surface area contributed by atoms with Crippen molar-refractivity contribution in [2.45, 2.75) is 12.5 Å². The highest BCUT2D eigenvalue weighted by molar-refractivity contribution is 5.78. The highest BCUT2D eigenvalue weighted by Gasteiger charge is 2.34. The molecular formula is C14H17NO5. The number of nitrogens with one attached hydrogen (secondary N) is 1. The molecule has 1 aromatic carbocycles. The smallest absolute Gasteiger partial charge is 0.311 e. The topological polar surface area (TPSA) is 84.9 Å². The molecule has 0 aliphatic carbocycles. The van der Waals surface area contributed by atoms with E-state index in [9.17, 15) is 9.59 Å². The zero-order valence-corrected chi connectivity index (χ0v) is 11.0. The maximum absolute atomic E-state index is 11.7. The standard InChI is InChI=1S/C14H17NO5/c16-13(6-7-20-10-4-2-1-3-5-10)15-12-9-19-8-11(12)14(17)18/h1-5,11-12H,6-9H2,(H,15,16)(H,17,18). The first-order chi connectivity index (χ1) is 9.66. The van der Waals surface area contributed by atoms with Crippen LogP contribution in [0.25, 0.3) is 0 Å². The minimum atomic E-state index is -0.951. The molecular weight excluding hydrogens is 262 g/mol. The summed E-state index contributed by atoms with van der Waals surface area (Å²) >= 11 is 0. The fourth-order valence-corrected chi connectivity index (χ4v) is 2.00. The molecule has 1 amide bonds. The Kier molecular flexibility index (Phi) is 4.95. The number of benzene rings is 1. The molecule has 20 heavy (non-hydrogen) atoms. The highest BCUT2D eigenvalue weighted by atomic mass is 16.5. The Hall–Kier alpha value is -2.08. The second-order valence-electron chi connectivity index (χ2n) is 4.57. The van der Waals surface area contributed by atoms with Crippen LogP contribution < -0.4 is 10.1 Å². The van der Waals surface area contributed by atoms with Crippen LogP contribution in [-0.2, 0) is 14.3 Å². The van der Waals surface area contributed by atoms with Gasteiger partial charge in [-0.15, -0.1) is 0 Å². The number of hydrogen-bond acceptors (Lipinski definition) is 4. The lowest BCUT2D eigenvalue weighted by Gasteiger charge is -2.15. The molecule has 1 heterocycles. The maximum atomic E-state index is 11.7. The van der Waals surface area contributed by atoms with E-state index >= 15 is 0 Å². The van der Waals surface area contributed by atoms with Gasteiger partial charge >= 0.3 is 5.97 Å². The summed E-state index contributed by atoms with van der Waals surface area (Å²) in [5.41, 5.74) is 0. The van der Waals surface area contributed by atoms with Gasteiger partial charge in [0.25, 0.3) is 0 Å². The van der Waals surface area contributed by atoms with Gasteiger partial charge < -0.3 is 19.9 Å². The molecule has 108 valence electrons. The lowest BCUT2D eigenvalue weighted by molar-refractivity contribution is -0.142. The molecule has 0 bridgehead atoms. The van der Waals surface area contributed by atoms with Crippen LogP contribution in [0.3, 0.4) is 0 Å². The lowest BCUT2D eigenvalue weighted by Crippen LogP contribution is -2.43. The molecule has 2 unspecified atom stereocenters. The molecule has 6 nitrogen and oxygen atoms in total. The van der Waals surface area contributed by atoms with Gasteiger partial charge in [0.2, 0.25) is 5.91 Å². The van der Waals surface area contributed by atoms with Gasteiger partial charge in [-0.25, -0.2) is 0 Å². The lowest BCUT2D eigenvalue weighted by atomic mass is 10.0. The van der Waals surface area contributed by atoms with Crippen molar-refractivity contribution in [2.24, 2.45) is 5.92 Å². The summed E-state index contributed by atoms with van der Waals surface area (Å²) in [5.74, 6) is -1.15. The molecule has 1 aromatic rings. The van der Waals surface area contributed by atoms with E-state index in [-0.39, 0.29) is 32.1 Å². The molecule has 1 fully saturated rings. The van der Waals surface area contributed by atoms with Gasteiger partial charge in [-0.2, -0.15) is 0 Å². The Balaban J connectivity index is 1.71. The third kappa shape index (κ3) is 3.96. The van der Waals surface area contributed by atoms with Gasteiger partial charge in [0.1, 0.15) is 11.7 Å². The second kappa shape index (κ2) is 6.91. The molecule has 0 radical (unpaired) electrons. The second-order valence-corrected chi connectivity index (χ2v) is 4.57. The van der Waals surface area contributed by atoms with Gasteiger partial charge in [-0.3, -0.25) is 9.59 Å². The molecule has 0 aromatic heterocycles. The van der Waals surface area contributed by atoms with Crippen LogP contribution in [0.2, 0.25) is 0 Å². The van der Waals surface area contributed by atoms with Gasteiger partial charge in [0.15, 0.2) is 0 Å². The number of aliphatic carboxylic acids is 1. The quantitative estimate of drug-likeness (QED) is 0.799. The number of para-hydroxylation sites is 1. The Morgan fingerprint density at radius 1 is 1.30 bits per heavy atom. The van der Waals surface area contributed by atoms with Gasteiger partial charge in [-0.05, 0) is 12.1 Å². The summed E-state index contributed by atoms with van der Waals surface area (Å²) < 4.78 is 10.5. The zero-order valence-electron chi connectivity index (χ0n) is 11.0. The third-order valence-corrected chi connectivity index (χ3v) is 3.09. The first-order valence-electron chi connectivity index (χ1n) is 6.44. The largest absolute Gasteiger partial charge is 0.493 e. The van der Waals surface area contributed by atoms with Crippen molar-refractivity contribution in [1.29, 1.82) is 0 Å². The van der Waals surface area contributed by atoms with Crippen molar-refractivity contribution in [3.05, 3.63) is 30.3 Å². The van der Waals surface area contributed by atoms with E-state index in [0.29, 0.717) is 5.75 Å². The van der Waals surface area contributed by atoms with Crippen LogP contribution in [-0.4, -0.2) is 42.8 Å². The molecule has 1 aliphatic rings. The summed E-state index contributed by atoms with van der Waals surface area (Å²) in [6.45, 7) is 0.629. The van der Waals surface area contributed by atoms with E-state index in [0.717, 1.165) is 0 Å². The highest BCUT2D eigenvalue weighted by Crippen LogP contribution is 2.14. The van der Waals surface area contributed by atoms with Crippen molar-refractivity contribution >= 4 is 11.9 Å². The van der Waals surface area contributed by atoms with E-state index in [1.165, 1.54) is 0 Å². The van der Waals surface area contributed by atoms with Crippen molar-refractivity contribution < 1.29 is 24.2 Å². The van der Waals surface area contributed by atoms with Crippen LogP contribution in [0.5, 0.6) is 5.75 Å². The molecule has 6 heteroatoms. The molecule has 1 aliphatic heterocycles. The number of hydrogen-bond donors (Lipinski definition) is 2. The van der Waals surface area contributed by atoms with E-state index in [1.54, 1.807) is 0 Å². The van der Waals surface area contributed by atoms with Crippen LogP contribution in [0.1, 0.15) is 6.42 Å². The summed E-state index contributed by atoms with van der Waals surface area (Å²) in [6.07, 6.45) is 0.178. The van der Waals surface area contributed by atoms with Crippen LogP contribution in [0, 0.1) is 5.92 Å². The van der Waals surface area contributed by atoms with E-state index in [2.05, 4.69) is 5.32 Å². The number of amides is 1. The summed E-state index contributed by atoms with van der Waals surface area (Å²) in [5, 5.41) is 11.6. The number of rotatable bonds is 6. The minimum Gasteiger partial charge on any atom is -0.493 e. The summed E-state index contributed by atoms with van der Waals surface area (Å²) in [4.78, 5) is 22.7. The Bertz CT molecular complexity index is 462. The molecule has 2 N–H and O–H groups in total. The number of carboxylic acids is 1. The number of carboxylic acid groups (broad SMARTS) is 1. The predicted octanol–water partition coefficient (Wildman–Crippen LogP) is 0.671. The third-order valence-electron chi connectivity index (χ3n) is 3.09. The average Bonchev–Trinajstić information content (AvgIpc) is 2.88. The van der Waals surface area contributed by atoms with Crippen LogP contribution >= 0.6 is 0 Å². The van der Waals surface area contributed by atoms with Crippen molar-refractivity contribution in [2.75, 3.05) is 19.8 Å². The monoisotopic (exact) mass is 279 g/mol. The zero-order chi connectivity index (χ0) is 14.4. The van der Waals surface area contributed by atoms with Gasteiger partial charge in [0.05, 0.1) is 32.3 Å². The molecule has 2 atom stereocenters. The average molecular weight is 279 g/mol. The number of carbonyl (C=O) groups excluding carboxylic acids is 1. The van der Waals surface area contributed by atoms with Crippen molar-refractivity contribution in [3.63, 3.8) is 0 Å². The van der Waals surface area contributed by atoms with Crippen LogP contribution in [0.15, 0.2) is 30.3 Å². The number of ether oxygens (including phenoxy) is 2. The van der Waals surface area contributed by atoms with Gasteiger partial charge in [0, 0.05) is 0 Å². The minimum absolute atomic E-state index is 0.140. The fourth-order valence-electron chi connectivity index (χ4n) is 2.00. The molecule has 0 saturated carbocycles. The van der Waals surface area contributed by atoms with E-state index < -0.39 is 17.9 Å².